The number of ether oxygens (including phenoxy) is 3. The quantitative estimate of drug-likeness (QED) is 0.395. The van der Waals surface area contributed by atoms with Crippen LogP contribution in [0.1, 0.15) is 13.3 Å². The third-order valence-electron chi connectivity index (χ3n) is 2.35. The molecule has 0 aromatic heterocycles. The summed E-state index contributed by atoms with van der Waals surface area (Å²) in [4.78, 5) is 11.4. The minimum Gasteiger partial charge on any atom is -0.429 e. The van der Waals surface area contributed by atoms with Crippen molar-refractivity contribution in [2.75, 3.05) is 13.2 Å². The molecule has 84 valence electrons. The van der Waals surface area contributed by atoms with Gasteiger partial charge in [-0.05, 0) is 13.3 Å². The maximum absolute atomic E-state index is 11.4. The molecule has 2 saturated heterocycles. The van der Waals surface area contributed by atoms with Crippen molar-refractivity contribution < 1.29 is 24.1 Å². The van der Waals surface area contributed by atoms with Crippen LogP contribution in [-0.2, 0) is 19.0 Å². The van der Waals surface area contributed by atoms with Crippen LogP contribution in [0.25, 0.3) is 0 Å². The van der Waals surface area contributed by atoms with Crippen molar-refractivity contribution in [2.24, 2.45) is 0 Å². The second-order valence-corrected chi connectivity index (χ2v) is 3.71. The van der Waals surface area contributed by atoms with Crippen LogP contribution >= 0.6 is 0 Å². The first-order valence-corrected chi connectivity index (χ1v) is 4.96. The third kappa shape index (κ3) is 3.02. The molecule has 0 bridgehead atoms. The van der Waals surface area contributed by atoms with Crippen LogP contribution in [0.5, 0.6) is 0 Å². The van der Waals surface area contributed by atoms with Crippen molar-refractivity contribution in [1.82, 2.24) is 0 Å². The number of aliphatic hydroxyl groups is 1. The third-order valence-corrected chi connectivity index (χ3v) is 2.35. The Morgan fingerprint density at radius 1 is 1.67 bits per heavy atom. The summed E-state index contributed by atoms with van der Waals surface area (Å²) in [6.07, 6.45) is 1.92. The molecule has 15 heavy (non-hydrogen) atoms. The van der Waals surface area contributed by atoms with Crippen molar-refractivity contribution in [1.29, 1.82) is 0 Å². The molecule has 0 spiro atoms. The first-order valence-electron chi connectivity index (χ1n) is 4.96. The van der Waals surface area contributed by atoms with E-state index in [2.05, 4.69) is 0 Å². The SMILES string of the molecule is CC(=CCC1CO1)C(=O)OC1OC1CO. The normalized spacial score (nSPS) is 33.7. The number of epoxide rings is 2. The van der Waals surface area contributed by atoms with Crippen LogP contribution in [0.3, 0.4) is 0 Å². The van der Waals surface area contributed by atoms with E-state index in [-0.39, 0.29) is 18.8 Å². The number of carbonyl (C=O) groups excluding carboxylic acids is 1. The number of aliphatic hydroxyl groups excluding tert-OH is 1. The Balaban J connectivity index is 1.72. The lowest BCUT2D eigenvalue weighted by Gasteiger charge is -2.00. The summed E-state index contributed by atoms with van der Waals surface area (Å²) < 4.78 is 14.8. The molecule has 3 unspecified atom stereocenters. The Bertz CT molecular complexity index is 282. The molecule has 0 amide bonds. The molecule has 2 fully saturated rings. The van der Waals surface area contributed by atoms with Gasteiger partial charge in [0, 0.05) is 5.57 Å². The van der Waals surface area contributed by atoms with Crippen LogP contribution in [0.15, 0.2) is 11.6 Å². The molecule has 2 rings (SSSR count). The van der Waals surface area contributed by atoms with Crippen LogP contribution in [-0.4, -0.2) is 42.8 Å². The Labute approximate surface area is 87.6 Å². The number of rotatable bonds is 5. The average molecular weight is 214 g/mol. The molecule has 0 saturated carbocycles. The van der Waals surface area contributed by atoms with Gasteiger partial charge in [0.05, 0.1) is 19.3 Å². The highest BCUT2D eigenvalue weighted by atomic mass is 16.8. The summed E-state index contributed by atoms with van der Waals surface area (Å²) in [5, 5.41) is 8.66. The van der Waals surface area contributed by atoms with E-state index in [4.69, 9.17) is 19.3 Å². The number of hydrogen-bond acceptors (Lipinski definition) is 5. The molecule has 2 aliphatic heterocycles. The molecular weight excluding hydrogens is 200 g/mol. The molecular formula is C10H14O5. The maximum atomic E-state index is 11.4. The lowest BCUT2D eigenvalue weighted by molar-refractivity contribution is -0.143. The van der Waals surface area contributed by atoms with Gasteiger partial charge in [0.1, 0.15) is 6.10 Å². The lowest BCUT2D eigenvalue weighted by atomic mass is 10.2. The van der Waals surface area contributed by atoms with Gasteiger partial charge in [-0.2, -0.15) is 0 Å². The number of esters is 1. The number of hydrogen-bond donors (Lipinski definition) is 1. The van der Waals surface area contributed by atoms with Crippen molar-refractivity contribution in [2.45, 2.75) is 31.8 Å². The molecule has 3 atom stereocenters. The van der Waals surface area contributed by atoms with Gasteiger partial charge >= 0.3 is 5.97 Å². The zero-order chi connectivity index (χ0) is 10.8. The molecule has 5 heteroatoms. The standard InChI is InChI=1S/C10H14O5/c1-6(2-3-7-5-13-7)9(12)15-10-8(4-11)14-10/h2,7-8,10-11H,3-5H2,1H3. The molecule has 1 N–H and O–H groups in total. The van der Waals surface area contributed by atoms with E-state index in [9.17, 15) is 4.79 Å². The fourth-order valence-corrected chi connectivity index (χ4v) is 1.15. The molecule has 5 nitrogen and oxygen atoms in total. The second kappa shape index (κ2) is 4.30. The van der Waals surface area contributed by atoms with Crippen LogP contribution in [0.2, 0.25) is 0 Å². The second-order valence-electron chi connectivity index (χ2n) is 3.71. The van der Waals surface area contributed by atoms with E-state index >= 15 is 0 Å². The van der Waals surface area contributed by atoms with Gasteiger partial charge < -0.3 is 19.3 Å². The van der Waals surface area contributed by atoms with Crippen molar-refractivity contribution in [3.8, 4) is 0 Å². The topological polar surface area (TPSA) is 71.6 Å². The van der Waals surface area contributed by atoms with E-state index in [1.807, 2.05) is 0 Å². The predicted molar refractivity (Wildman–Crippen MR) is 50.0 cm³/mol. The molecule has 0 aliphatic carbocycles. The van der Waals surface area contributed by atoms with Gasteiger partial charge in [-0.25, -0.2) is 4.79 Å². The minimum absolute atomic E-state index is 0.114. The zero-order valence-electron chi connectivity index (χ0n) is 8.51. The van der Waals surface area contributed by atoms with Crippen LogP contribution in [0.4, 0.5) is 0 Å². The van der Waals surface area contributed by atoms with Gasteiger partial charge in [-0.3, -0.25) is 0 Å². The Kier molecular flexibility index (Phi) is 3.04. The monoisotopic (exact) mass is 214 g/mol. The minimum atomic E-state index is -0.567. The van der Waals surface area contributed by atoms with Gasteiger partial charge in [-0.15, -0.1) is 0 Å². The summed E-state index contributed by atoms with van der Waals surface area (Å²) in [6, 6.07) is 0. The Morgan fingerprint density at radius 3 is 2.93 bits per heavy atom. The number of carbonyl (C=O) groups is 1. The largest absolute Gasteiger partial charge is 0.429 e. The fraction of sp³-hybridized carbons (Fsp3) is 0.700. The van der Waals surface area contributed by atoms with Gasteiger partial charge in [0.25, 0.3) is 0 Å². The summed E-state index contributed by atoms with van der Waals surface area (Å²) in [7, 11) is 0. The van der Waals surface area contributed by atoms with Gasteiger partial charge in [0.15, 0.2) is 0 Å². The molecule has 0 aromatic carbocycles. The Hall–Kier alpha value is -0.910. The Morgan fingerprint density at radius 2 is 2.40 bits per heavy atom. The van der Waals surface area contributed by atoms with Crippen molar-refractivity contribution >= 4 is 5.97 Å². The maximum Gasteiger partial charge on any atom is 0.335 e. The predicted octanol–water partition coefficient (Wildman–Crippen LogP) is -0.0180. The molecule has 0 aromatic rings. The zero-order valence-corrected chi connectivity index (χ0v) is 8.51. The van der Waals surface area contributed by atoms with E-state index in [0.717, 1.165) is 13.0 Å². The smallest absolute Gasteiger partial charge is 0.335 e. The van der Waals surface area contributed by atoms with Gasteiger partial charge in [0.2, 0.25) is 6.29 Å². The van der Waals surface area contributed by atoms with E-state index in [1.165, 1.54) is 0 Å². The highest BCUT2D eigenvalue weighted by molar-refractivity contribution is 5.87. The summed E-state index contributed by atoms with van der Waals surface area (Å²) in [5.74, 6) is -0.392. The first-order chi connectivity index (χ1) is 7.20. The average Bonchev–Trinajstić information content (AvgIpc) is 3.09. The van der Waals surface area contributed by atoms with E-state index in [0.29, 0.717) is 5.57 Å². The first kappa shape index (κ1) is 10.6. The van der Waals surface area contributed by atoms with Crippen molar-refractivity contribution in [3.05, 3.63) is 11.6 Å². The summed E-state index contributed by atoms with van der Waals surface area (Å²) >= 11 is 0. The molecule has 0 radical (unpaired) electrons. The fourth-order valence-electron chi connectivity index (χ4n) is 1.15. The molecule has 2 aliphatic rings. The van der Waals surface area contributed by atoms with E-state index < -0.39 is 12.3 Å². The van der Waals surface area contributed by atoms with Gasteiger partial charge in [-0.1, -0.05) is 6.08 Å². The van der Waals surface area contributed by atoms with Crippen LogP contribution in [0, 0.1) is 0 Å². The van der Waals surface area contributed by atoms with Crippen molar-refractivity contribution in [3.63, 3.8) is 0 Å². The highest BCUT2D eigenvalue weighted by Gasteiger charge is 2.42. The summed E-state index contributed by atoms with van der Waals surface area (Å²) in [6.45, 7) is 2.36. The lowest BCUT2D eigenvalue weighted by Crippen LogP contribution is -2.11. The molecule has 2 heterocycles. The highest BCUT2D eigenvalue weighted by Crippen LogP contribution is 2.23. The van der Waals surface area contributed by atoms with E-state index in [1.54, 1.807) is 13.0 Å². The van der Waals surface area contributed by atoms with Crippen LogP contribution < -0.4 is 0 Å². The summed E-state index contributed by atoms with van der Waals surface area (Å²) in [5.41, 5.74) is 0.553.